The van der Waals surface area contributed by atoms with Crippen LogP contribution in [0.15, 0.2) is 48.5 Å². The van der Waals surface area contributed by atoms with Gasteiger partial charge in [-0.25, -0.2) is 0 Å². The molecule has 1 fully saturated rings. The van der Waals surface area contributed by atoms with E-state index in [1.807, 2.05) is 17.0 Å². The Balaban J connectivity index is 1.68. The molecule has 2 aromatic carbocycles. The Bertz CT molecular complexity index is 698. The number of rotatable bonds is 3. The molecule has 24 heavy (non-hydrogen) atoms. The van der Waals surface area contributed by atoms with Gasteiger partial charge in [0.15, 0.2) is 0 Å². The predicted octanol–water partition coefficient (Wildman–Crippen LogP) is 3.83. The summed E-state index contributed by atoms with van der Waals surface area (Å²) in [5, 5.41) is 0. The van der Waals surface area contributed by atoms with Gasteiger partial charge in [0.05, 0.1) is 0 Å². The Labute approximate surface area is 144 Å². The van der Waals surface area contributed by atoms with Crippen LogP contribution >= 0.6 is 0 Å². The quantitative estimate of drug-likeness (QED) is 0.857. The van der Waals surface area contributed by atoms with Crippen molar-refractivity contribution in [3.05, 3.63) is 59.7 Å². The fourth-order valence-electron chi connectivity index (χ4n) is 3.40. The first kappa shape index (κ1) is 16.7. The zero-order valence-electron chi connectivity index (χ0n) is 14.8. The molecule has 3 nitrogen and oxygen atoms in total. The molecule has 1 aliphatic rings. The number of carbonyl (C=O) groups excluding carboxylic acids is 1. The highest BCUT2D eigenvalue weighted by molar-refractivity contribution is 5.94. The minimum atomic E-state index is 0.156. The molecule has 0 N–H and O–H groups in total. The SMILES string of the molecule is Cc1cccc(-c2ccc(C(=O)N3CCC(N(C)C)CC3)cc2)c1. The van der Waals surface area contributed by atoms with Crippen LogP contribution in [0.5, 0.6) is 0 Å². The second-order valence-corrected chi connectivity index (χ2v) is 6.93. The zero-order chi connectivity index (χ0) is 17.1. The van der Waals surface area contributed by atoms with E-state index >= 15 is 0 Å². The summed E-state index contributed by atoms with van der Waals surface area (Å²) in [5.41, 5.74) is 4.38. The van der Waals surface area contributed by atoms with Crippen molar-refractivity contribution in [1.29, 1.82) is 0 Å². The molecule has 0 spiro atoms. The fourth-order valence-corrected chi connectivity index (χ4v) is 3.40. The first-order valence-corrected chi connectivity index (χ1v) is 8.67. The molecule has 1 amide bonds. The monoisotopic (exact) mass is 322 g/mol. The van der Waals surface area contributed by atoms with Crippen molar-refractivity contribution in [3.63, 3.8) is 0 Å². The summed E-state index contributed by atoms with van der Waals surface area (Å²) < 4.78 is 0. The molecule has 1 saturated heterocycles. The van der Waals surface area contributed by atoms with E-state index in [2.05, 4.69) is 62.3 Å². The van der Waals surface area contributed by atoms with Crippen LogP contribution in [0.2, 0.25) is 0 Å². The molecule has 2 aromatic rings. The van der Waals surface area contributed by atoms with Gasteiger partial charge in [0.2, 0.25) is 0 Å². The van der Waals surface area contributed by atoms with E-state index in [1.165, 1.54) is 11.1 Å². The summed E-state index contributed by atoms with van der Waals surface area (Å²) >= 11 is 0. The highest BCUT2D eigenvalue weighted by Crippen LogP contribution is 2.22. The van der Waals surface area contributed by atoms with Crippen molar-refractivity contribution < 1.29 is 4.79 Å². The molecule has 0 aliphatic carbocycles. The van der Waals surface area contributed by atoms with E-state index in [4.69, 9.17) is 0 Å². The average Bonchev–Trinajstić information content (AvgIpc) is 2.61. The third-order valence-electron chi connectivity index (χ3n) is 4.97. The Hall–Kier alpha value is -2.13. The van der Waals surface area contributed by atoms with Crippen molar-refractivity contribution >= 4 is 5.91 Å². The van der Waals surface area contributed by atoms with Crippen LogP contribution in [0.1, 0.15) is 28.8 Å². The maximum atomic E-state index is 12.7. The van der Waals surface area contributed by atoms with Gasteiger partial charge in [0.1, 0.15) is 0 Å². The van der Waals surface area contributed by atoms with Crippen molar-refractivity contribution in [2.24, 2.45) is 0 Å². The molecule has 0 aromatic heterocycles. The van der Waals surface area contributed by atoms with Crippen LogP contribution < -0.4 is 0 Å². The number of hydrogen-bond donors (Lipinski definition) is 0. The largest absolute Gasteiger partial charge is 0.339 e. The van der Waals surface area contributed by atoms with Crippen molar-refractivity contribution in [3.8, 4) is 11.1 Å². The van der Waals surface area contributed by atoms with Crippen LogP contribution in [0.4, 0.5) is 0 Å². The molecule has 1 aliphatic heterocycles. The van der Waals surface area contributed by atoms with Crippen LogP contribution in [-0.2, 0) is 0 Å². The summed E-state index contributed by atoms with van der Waals surface area (Å²) in [7, 11) is 4.23. The number of aryl methyl sites for hydroxylation is 1. The molecule has 3 heteroatoms. The summed E-state index contributed by atoms with van der Waals surface area (Å²) in [6.45, 7) is 3.79. The first-order chi connectivity index (χ1) is 11.5. The number of benzene rings is 2. The van der Waals surface area contributed by atoms with E-state index in [0.717, 1.165) is 37.1 Å². The minimum absolute atomic E-state index is 0.156. The molecule has 0 saturated carbocycles. The van der Waals surface area contributed by atoms with Crippen molar-refractivity contribution in [1.82, 2.24) is 9.80 Å². The van der Waals surface area contributed by atoms with E-state index in [-0.39, 0.29) is 5.91 Å². The van der Waals surface area contributed by atoms with Gasteiger partial charge in [-0.1, -0.05) is 42.0 Å². The van der Waals surface area contributed by atoms with Gasteiger partial charge in [-0.05, 0) is 57.1 Å². The van der Waals surface area contributed by atoms with E-state index < -0.39 is 0 Å². The fraction of sp³-hybridized carbons (Fsp3) is 0.381. The topological polar surface area (TPSA) is 23.6 Å². The van der Waals surface area contributed by atoms with Crippen LogP contribution in [0.25, 0.3) is 11.1 Å². The molecular formula is C21H26N2O. The number of carbonyl (C=O) groups is 1. The highest BCUT2D eigenvalue weighted by atomic mass is 16.2. The summed E-state index contributed by atoms with van der Waals surface area (Å²) in [6, 6.07) is 17.0. The lowest BCUT2D eigenvalue weighted by molar-refractivity contribution is 0.0663. The van der Waals surface area contributed by atoms with Gasteiger partial charge in [-0.2, -0.15) is 0 Å². The lowest BCUT2D eigenvalue weighted by Gasteiger charge is -2.35. The van der Waals surface area contributed by atoms with Gasteiger partial charge in [-0.15, -0.1) is 0 Å². The number of hydrogen-bond acceptors (Lipinski definition) is 2. The normalized spacial score (nSPS) is 15.8. The molecule has 126 valence electrons. The van der Waals surface area contributed by atoms with Crippen LogP contribution in [0.3, 0.4) is 0 Å². The Kier molecular flexibility index (Phi) is 5.00. The van der Waals surface area contributed by atoms with E-state index in [0.29, 0.717) is 6.04 Å². The van der Waals surface area contributed by atoms with Crippen molar-refractivity contribution in [2.45, 2.75) is 25.8 Å². The summed E-state index contributed by atoms with van der Waals surface area (Å²) in [6.07, 6.45) is 2.11. The number of nitrogens with zero attached hydrogens (tertiary/aromatic N) is 2. The lowest BCUT2D eigenvalue weighted by Crippen LogP contribution is -2.44. The molecular weight excluding hydrogens is 296 g/mol. The number of piperidine rings is 1. The molecule has 1 heterocycles. The molecule has 0 unspecified atom stereocenters. The second kappa shape index (κ2) is 7.18. The molecule has 0 radical (unpaired) electrons. The van der Waals surface area contributed by atoms with Gasteiger partial charge >= 0.3 is 0 Å². The average molecular weight is 322 g/mol. The first-order valence-electron chi connectivity index (χ1n) is 8.67. The van der Waals surface area contributed by atoms with E-state index in [9.17, 15) is 4.79 Å². The third kappa shape index (κ3) is 3.68. The van der Waals surface area contributed by atoms with Crippen LogP contribution in [0, 0.1) is 6.92 Å². The molecule has 3 rings (SSSR count). The highest BCUT2D eigenvalue weighted by Gasteiger charge is 2.24. The Morgan fingerprint density at radius 1 is 1.00 bits per heavy atom. The summed E-state index contributed by atoms with van der Waals surface area (Å²) in [5.74, 6) is 0.156. The maximum absolute atomic E-state index is 12.7. The predicted molar refractivity (Wildman–Crippen MR) is 99.2 cm³/mol. The Morgan fingerprint density at radius 3 is 2.25 bits per heavy atom. The zero-order valence-corrected chi connectivity index (χ0v) is 14.8. The lowest BCUT2D eigenvalue weighted by atomic mass is 10.0. The minimum Gasteiger partial charge on any atom is -0.339 e. The van der Waals surface area contributed by atoms with Crippen molar-refractivity contribution in [2.75, 3.05) is 27.2 Å². The molecule has 0 bridgehead atoms. The standard InChI is InChI=1S/C21H26N2O/c1-16-5-4-6-19(15-16)17-7-9-18(10-8-17)21(24)23-13-11-20(12-14-23)22(2)3/h4-10,15,20H,11-14H2,1-3H3. The summed E-state index contributed by atoms with van der Waals surface area (Å²) in [4.78, 5) is 16.9. The van der Waals surface area contributed by atoms with Gasteiger partial charge in [0, 0.05) is 24.7 Å². The van der Waals surface area contributed by atoms with E-state index in [1.54, 1.807) is 0 Å². The molecule has 0 atom stereocenters. The number of amides is 1. The second-order valence-electron chi connectivity index (χ2n) is 6.93. The maximum Gasteiger partial charge on any atom is 0.253 e. The Morgan fingerprint density at radius 2 is 1.67 bits per heavy atom. The van der Waals surface area contributed by atoms with Crippen LogP contribution in [-0.4, -0.2) is 48.9 Å². The van der Waals surface area contributed by atoms with Gasteiger partial charge < -0.3 is 9.80 Å². The van der Waals surface area contributed by atoms with Gasteiger partial charge in [-0.3, -0.25) is 4.79 Å². The van der Waals surface area contributed by atoms with Gasteiger partial charge in [0.25, 0.3) is 5.91 Å². The third-order valence-corrected chi connectivity index (χ3v) is 4.97. The number of likely N-dealkylation sites (tertiary alicyclic amines) is 1. The smallest absolute Gasteiger partial charge is 0.253 e.